The summed E-state index contributed by atoms with van der Waals surface area (Å²) in [4.78, 5) is 40.2. The average molecular weight is 500 g/mol. The molecule has 2 aromatic carbocycles. The number of halogens is 2. The summed E-state index contributed by atoms with van der Waals surface area (Å²) in [5, 5.41) is 1.20. The summed E-state index contributed by atoms with van der Waals surface area (Å²) in [7, 11) is 0. The Balaban J connectivity index is 1.08. The van der Waals surface area contributed by atoms with Crippen molar-refractivity contribution in [3.63, 3.8) is 0 Å². The minimum Gasteiger partial charge on any atom is -0.481 e. The van der Waals surface area contributed by atoms with Crippen LogP contribution in [0.25, 0.3) is 0 Å². The Kier molecular flexibility index (Phi) is 6.67. The Morgan fingerprint density at radius 2 is 1.62 bits per heavy atom. The van der Waals surface area contributed by atoms with E-state index in [-0.39, 0.29) is 35.7 Å². The molecule has 0 bridgehead atoms. The second kappa shape index (κ2) is 9.71. The Morgan fingerprint density at radius 3 is 2.32 bits per heavy atom. The lowest BCUT2D eigenvalue weighted by Crippen LogP contribution is -2.51. The standard InChI is InChI=1S/C27H27Cl2NO4/c28-20-7-5-17(6-8-20)19-14-30(15-19)27(33)18-3-1-16(2-4-18)11-24(32)26-13-23(31)22-12-21(29)9-10-25(22)34-26/h5-10,12,16,18-19,26H,1-4,11,13-15H2/t16?,18?,26-/m1/s1. The van der Waals surface area contributed by atoms with Crippen LogP contribution in [0, 0.1) is 11.8 Å². The first kappa shape index (κ1) is 23.4. The molecule has 7 heteroatoms. The van der Waals surface area contributed by atoms with Gasteiger partial charge in [-0.2, -0.15) is 0 Å². The van der Waals surface area contributed by atoms with Crippen LogP contribution in [-0.4, -0.2) is 41.6 Å². The monoisotopic (exact) mass is 499 g/mol. The van der Waals surface area contributed by atoms with Gasteiger partial charge < -0.3 is 9.64 Å². The molecule has 1 saturated carbocycles. The van der Waals surface area contributed by atoms with Crippen molar-refractivity contribution in [3.8, 4) is 5.75 Å². The van der Waals surface area contributed by atoms with Gasteiger partial charge in [-0.25, -0.2) is 0 Å². The van der Waals surface area contributed by atoms with Crippen LogP contribution >= 0.6 is 23.2 Å². The number of amides is 1. The molecule has 0 N–H and O–H groups in total. The van der Waals surface area contributed by atoms with E-state index >= 15 is 0 Å². The third kappa shape index (κ3) is 4.87. The minimum absolute atomic E-state index is 0.0303. The summed E-state index contributed by atoms with van der Waals surface area (Å²) in [6.45, 7) is 1.53. The third-order valence-electron chi connectivity index (χ3n) is 7.46. The molecular formula is C27H27Cl2NO4. The first-order valence-electron chi connectivity index (χ1n) is 11.9. The van der Waals surface area contributed by atoms with E-state index in [1.807, 2.05) is 29.2 Å². The summed E-state index contributed by atoms with van der Waals surface area (Å²) in [6.07, 6.45) is 3.04. The molecule has 178 valence electrons. The lowest BCUT2D eigenvalue weighted by Gasteiger charge is -2.42. The number of hydrogen-bond acceptors (Lipinski definition) is 4. The maximum Gasteiger partial charge on any atom is 0.225 e. The number of likely N-dealkylation sites (tertiary alicyclic amines) is 1. The second-order valence-electron chi connectivity index (χ2n) is 9.75. The number of Topliss-reactive ketones (excluding diaryl/α,β-unsaturated/α-hetero) is 2. The Morgan fingerprint density at radius 1 is 0.941 bits per heavy atom. The molecule has 2 aromatic rings. The summed E-state index contributed by atoms with van der Waals surface area (Å²) < 4.78 is 5.83. The molecule has 34 heavy (non-hydrogen) atoms. The molecule has 1 saturated heterocycles. The zero-order valence-electron chi connectivity index (χ0n) is 18.8. The third-order valence-corrected chi connectivity index (χ3v) is 7.95. The highest BCUT2D eigenvalue weighted by Crippen LogP contribution is 2.37. The molecule has 0 radical (unpaired) electrons. The van der Waals surface area contributed by atoms with Crippen molar-refractivity contribution in [2.24, 2.45) is 11.8 Å². The number of benzene rings is 2. The number of ether oxygens (including phenoxy) is 1. The summed E-state index contributed by atoms with van der Waals surface area (Å²) in [5.41, 5.74) is 1.67. The first-order valence-corrected chi connectivity index (χ1v) is 12.7. The molecule has 2 aliphatic heterocycles. The Bertz CT molecular complexity index is 1100. The van der Waals surface area contributed by atoms with Crippen LogP contribution in [-0.2, 0) is 9.59 Å². The van der Waals surface area contributed by atoms with E-state index in [1.54, 1.807) is 18.2 Å². The summed E-state index contributed by atoms with van der Waals surface area (Å²) in [6, 6.07) is 12.8. The van der Waals surface area contributed by atoms with Gasteiger partial charge in [-0.05, 0) is 67.5 Å². The van der Waals surface area contributed by atoms with Crippen molar-refractivity contribution in [3.05, 3.63) is 63.6 Å². The van der Waals surface area contributed by atoms with Crippen molar-refractivity contribution in [2.75, 3.05) is 13.1 Å². The number of carbonyl (C=O) groups is 3. The topological polar surface area (TPSA) is 63.7 Å². The number of rotatable bonds is 5. The predicted octanol–water partition coefficient (Wildman–Crippen LogP) is 5.72. The highest BCUT2D eigenvalue weighted by atomic mass is 35.5. The molecular weight excluding hydrogens is 473 g/mol. The quantitative estimate of drug-likeness (QED) is 0.527. The van der Waals surface area contributed by atoms with E-state index in [0.29, 0.717) is 28.7 Å². The lowest BCUT2D eigenvalue weighted by molar-refractivity contribution is -0.141. The van der Waals surface area contributed by atoms with Gasteiger partial charge >= 0.3 is 0 Å². The van der Waals surface area contributed by atoms with Crippen molar-refractivity contribution < 1.29 is 19.1 Å². The van der Waals surface area contributed by atoms with Crippen LogP contribution in [0.1, 0.15) is 60.4 Å². The van der Waals surface area contributed by atoms with Gasteiger partial charge in [0.25, 0.3) is 0 Å². The predicted molar refractivity (Wildman–Crippen MR) is 131 cm³/mol. The lowest BCUT2D eigenvalue weighted by atomic mass is 9.77. The fraction of sp³-hybridized carbons (Fsp3) is 0.444. The van der Waals surface area contributed by atoms with Crippen LogP contribution in [0.3, 0.4) is 0 Å². The number of ketones is 2. The number of carbonyl (C=O) groups excluding carboxylic acids is 3. The van der Waals surface area contributed by atoms with E-state index < -0.39 is 6.10 Å². The number of hydrogen-bond donors (Lipinski definition) is 0. The average Bonchev–Trinajstić information content (AvgIpc) is 2.80. The highest BCUT2D eigenvalue weighted by molar-refractivity contribution is 6.31. The molecule has 1 aliphatic carbocycles. The smallest absolute Gasteiger partial charge is 0.225 e. The zero-order valence-corrected chi connectivity index (χ0v) is 20.4. The van der Waals surface area contributed by atoms with Crippen LogP contribution < -0.4 is 4.74 Å². The van der Waals surface area contributed by atoms with E-state index in [4.69, 9.17) is 27.9 Å². The molecule has 0 spiro atoms. The minimum atomic E-state index is -0.730. The van der Waals surface area contributed by atoms with Crippen LogP contribution in [0.2, 0.25) is 10.0 Å². The zero-order chi connectivity index (χ0) is 23.8. The molecule has 5 nitrogen and oxygen atoms in total. The van der Waals surface area contributed by atoms with Gasteiger partial charge in [0.2, 0.25) is 5.91 Å². The van der Waals surface area contributed by atoms with Crippen LogP contribution in [0.4, 0.5) is 0 Å². The number of nitrogens with zero attached hydrogens (tertiary/aromatic N) is 1. The molecule has 3 aliphatic rings. The molecule has 2 heterocycles. The van der Waals surface area contributed by atoms with Gasteiger partial charge in [0.15, 0.2) is 17.7 Å². The second-order valence-corrected chi connectivity index (χ2v) is 10.6. The van der Waals surface area contributed by atoms with Crippen LogP contribution in [0.15, 0.2) is 42.5 Å². The van der Waals surface area contributed by atoms with E-state index in [2.05, 4.69) is 0 Å². The maximum absolute atomic E-state index is 12.9. The fourth-order valence-corrected chi connectivity index (χ4v) is 5.67. The van der Waals surface area contributed by atoms with Crippen molar-refractivity contribution in [1.29, 1.82) is 0 Å². The maximum atomic E-state index is 12.9. The first-order chi connectivity index (χ1) is 16.4. The SMILES string of the molecule is O=C1C[C@H](C(=O)CC2CCC(C(=O)N3CC(c4ccc(Cl)cc4)C3)CC2)Oc2ccc(Cl)cc21. The van der Waals surface area contributed by atoms with Gasteiger partial charge in [0.05, 0.1) is 12.0 Å². The molecule has 2 fully saturated rings. The van der Waals surface area contributed by atoms with Crippen molar-refractivity contribution in [1.82, 2.24) is 4.90 Å². The molecule has 1 atom stereocenters. The highest BCUT2D eigenvalue weighted by Gasteiger charge is 2.38. The van der Waals surface area contributed by atoms with Crippen molar-refractivity contribution >= 4 is 40.7 Å². The molecule has 1 amide bonds. The van der Waals surface area contributed by atoms with Gasteiger partial charge in [0.1, 0.15) is 5.75 Å². The molecule has 0 unspecified atom stereocenters. The van der Waals surface area contributed by atoms with E-state index in [1.165, 1.54) is 5.56 Å². The van der Waals surface area contributed by atoms with E-state index in [9.17, 15) is 14.4 Å². The Hall–Kier alpha value is -2.37. The van der Waals surface area contributed by atoms with Gasteiger partial charge in [0, 0.05) is 41.4 Å². The van der Waals surface area contributed by atoms with Gasteiger partial charge in [-0.15, -0.1) is 0 Å². The van der Waals surface area contributed by atoms with Gasteiger partial charge in [-0.3, -0.25) is 14.4 Å². The summed E-state index contributed by atoms with van der Waals surface area (Å²) >= 11 is 11.9. The fourth-order valence-electron chi connectivity index (χ4n) is 5.37. The van der Waals surface area contributed by atoms with E-state index in [0.717, 1.165) is 43.8 Å². The van der Waals surface area contributed by atoms with Crippen molar-refractivity contribution in [2.45, 2.75) is 50.5 Å². The normalized spacial score (nSPS) is 24.7. The number of fused-ring (bicyclic) bond motifs is 1. The van der Waals surface area contributed by atoms with Gasteiger partial charge in [-0.1, -0.05) is 35.3 Å². The largest absolute Gasteiger partial charge is 0.481 e. The molecule has 5 rings (SSSR count). The summed E-state index contributed by atoms with van der Waals surface area (Å²) in [5.74, 6) is 1.20. The van der Waals surface area contributed by atoms with Crippen LogP contribution in [0.5, 0.6) is 5.75 Å². The molecule has 0 aromatic heterocycles. The Labute approximate surface area is 209 Å².